The summed E-state index contributed by atoms with van der Waals surface area (Å²) in [6.45, 7) is 7.59. The third-order valence-corrected chi connectivity index (χ3v) is 6.91. The number of aromatic nitrogens is 1. The summed E-state index contributed by atoms with van der Waals surface area (Å²) >= 11 is 3.30. The van der Waals surface area contributed by atoms with E-state index in [9.17, 15) is 24.0 Å². The van der Waals surface area contributed by atoms with Crippen LogP contribution in [0.4, 0.5) is 0 Å². The van der Waals surface area contributed by atoms with E-state index in [1.54, 1.807) is 58.0 Å². The summed E-state index contributed by atoms with van der Waals surface area (Å²) in [5.41, 5.74) is 0.414. The van der Waals surface area contributed by atoms with Gasteiger partial charge < -0.3 is 24.3 Å². The lowest BCUT2D eigenvalue weighted by Gasteiger charge is -2.29. The number of pyridine rings is 1. The highest BCUT2D eigenvalue weighted by Gasteiger charge is 2.41. The maximum absolute atomic E-state index is 13.3. The number of nitrogens with one attached hydrogen (secondary N) is 1. The molecule has 4 atom stereocenters. The van der Waals surface area contributed by atoms with E-state index in [0.29, 0.717) is 10.0 Å². The van der Waals surface area contributed by atoms with Crippen LogP contribution in [0.1, 0.15) is 60.5 Å². The molecular weight excluding hydrogens is 588 g/mol. The zero-order chi connectivity index (χ0) is 29.6. The van der Waals surface area contributed by atoms with Crippen LogP contribution in [-0.4, -0.2) is 59.6 Å². The third kappa shape index (κ3) is 7.23. The van der Waals surface area contributed by atoms with E-state index in [2.05, 4.69) is 26.2 Å². The van der Waals surface area contributed by atoms with Crippen LogP contribution in [0.3, 0.4) is 0 Å². The van der Waals surface area contributed by atoms with Gasteiger partial charge in [0.25, 0.3) is 5.91 Å². The number of carbonyl (C=O) groups is 5. The van der Waals surface area contributed by atoms with Gasteiger partial charge in [-0.2, -0.15) is 0 Å². The van der Waals surface area contributed by atoms with Gasteiger partial charge in [0.1, 0.15) is 12.7 Å². The van der Waals surface area contributed by atoms with Crippen LogP contribution in [0, 0.1) is 18.8 Å². The number of aryl methyl sites for hydroxylation is 1. The quantitative estimate of drug-likeness (QED) is 0.361. The minimum absolute atomic E-state index is 0.103. The molecule has 0 spiro atoms. The molecule has 0 bridgehead atoms. The number of amides is 1. The van der Waals surface area contributed by atoms with E-state index in [0.717, 1.165) is 0 Å². The molecule has 0 aliphatic carbocycles. The van der Waals surface area contributed by atoms with Crippen molar-refractivity contribution < 1.29 is 42.9 Å². The molecule has 214 valence electrons. The summed E-state index contributed by atoms with van der Waals surface area (Å²) in [5.74, 6) is -5.22. The van der Waals surface area contributed by atoms with Crippen molar-refractivity contribution in [1.82, 2.24) is 10.3 Å². The molecule has 1 aliphatic rings. The van der Waals surface area contributed by atoms with Gasteiger partial charge in [-0.05, 0) is 60.0 Å². The Labute approximate surface area is 240 Å². The Bertz CT molecular complexity index is 1300. The van der Waals surface area contributed by atoms with Crippen LogP contribution in [-0.2, 0) is 28.6 Å². The van der Waals surface area contributed by atoms with Crippen LogP contribution >= 0.6 is 15.9 Å². The molecule has 1 aromatic heterocycles. The first-order chi connectivity index (χ1) is 18.9. The Morgan fingerprint density at radius 1 is 1.15 bits per heavy atom. The molecule has 1 fully saturated rings. The topological polar surface area (TPSA) is 147 Å². The van der Waals surface area contributed by atoms with E-state index in [4.69, 9.17) is 18.9 Å². The number of hydrogen-bond acceptors (Lipinski definition) is 10. The minimum atomic E-state index is -1.41. The van der Waals surface area contributed by atoms with Crippen molar-refractivity contribution in [3.63, 3.8) is 0 Å². The summed E-state index contributed by atoms with van der Waals surface area (Å²) in [6.07, 6.45) is -0.480. The average Bonchev–Trinajstić information content (AvgIpc) is 2.94. The number of benzene rings is 1. The van der Waals surface area contributed by atoms with Gasteiger partial charge in [-0.3, -0.25) is 14.4 Å². The number of esters is 4. The van der Waals surface area contributed by atoms with Gasteiger partial charge >= 0.3 is 23.9 Å². The first-order valence-electron chi connectivity index (χ1n) is 12.7. The molecule has 3 rings (SSSR count). The Kier molecular flexibility index (Phi) is 10.4. The summed E-state index contributed by atoms with van der Waals surface area (Å²) in [5, 5.41) is 2.46. The normalized spacial score (nSPS) is 21.3. The van der Waals surface area contributed by atoms with Crippen molar-refractivity contribution in [3.05, 3.63) is 57.8 Å². The zero-order valence-electron chi connectivity index (χ0n) is 22.8. The molecule has 1 amide bonds. The Morgan fingerprint density at radius 2 is 1.85 bits per heavy atom. The fraction of sp³-hybridized carbons (Fsp3) is 0.429. The van der Waals surface area contributed by atoms with Crippen LogP contribution in [0.2, 0.25) is 0 Å². The van der Waals surface area contributed by atoms with E-state index in [1.165, 1.54) is 13.1 Å². The van der Waals surface area contributed by atoms with Crippen molar-refractivity contribution >= 4 is 45.7 Å². The van der Waals surface area contributed by atoms with Crippen molar-refractivity contribution in [2.45, 2.75) is 59.3 Å². The second-order valence-corrected chi connectivity index (χ2v) is 10.4. The molecule has 2 aromatic rings. The van der Waals surface area contributed by atoms with Gasteiger partial charge in [-0.1, -0.05) is 32.9 Å². The largest absolute Gasteiger partial charge is 0.463 e. The predicted molar refractivity (Wildman–Crippen MR) is 144 cm³/mol. The molecular formula is C28H31BrN2O9. The monoisotopic (exact) mass is 618 g/mol. The Hall–Kier alpha value is -3.80. The summed E-state index contributed by atoms with van der Waals surface area (Å²) in [7, 11) is 0. The average molecular weight is 619 g/mol. The molecule has 1 N–H and O–H groups in total. The molecule has 2 heterocycles. The van der Waals surface area contributed by atoms with Gasteiger partial charge in [0.05, 0.1) is 17.4 Å². The smallest absolute Gasteiger partial charge is 0.344 e. The van der Waals surface area contributed by atoms with E-state index in [1.807, 2.05) is 0 Å². The number of carbonyl (C=O) groups excluding carboxylic acids is 5. The maximum atomic E-state index is 13.3. The fourth-order valence-electron chi connectivity index (χ4n) is 3.92. The molecule has 11 nitrogen and oxygen atoms in total. The minimum Gasteiger partial charge on any atom is -0.463 e. The second kappa shape index (κ2) is 13.5. The lowest BCUT2D eigenvalue weighted by Crippen LogP contribution is -2.47. The number of cyclic esters (lactones) is 2. The molecule has 12 heteroatoms. The second-order valence-electron chi connectivity index (χ2n) is 9.54. The zero-order valence-corrected chi connectivity index (χ0v) is 24.4. The van der Waals surface area contributed by atoms with Gasteiger partial charge in [-0.25, -0.2) is 14.6 Å². The van der Waals surface area contributed by atoms with Crippen molar-refractivity contribution in [1.29, 1.82) is 0 Å². The van der Waals surface area contributed by atoms with E-state index >= 15 is 0 Å². The SMILES string of the molecule is CC[C@H]1C(=O)OC[C@H](NC(=O)c2nccc(C)c2OC(=O)c2ccccc2Br)C(=O)O[C@@H](C)[C@@H]1OC(=O)C(C)C. The molecule has 0 unspecified atom stereocenters. The summed E-state index contributed by atoms with van der Waals surface area (Å²) in [6, 6.07) is 6.76. The maximum Gasteiger partial charge on any atom is 0.344 e. The Morgan fingerprint density at radius 3 is 2.50 bits per heavy atom. The fourth-order valence-corrected chi connectivity index (χ4v) is 4.36. The first-order valence-corrected chi connectivity index (χ1v) is 13.5. The summed E-state index contributed by atoms with van der Waals surface area (Å²) < 4.78 is 22.4. The molecule has 1 aliphatic heterocycles. The number of hydrogen-bond donors (Lipinski definition) is 1. The predicted octanol–water partition coefficient (Wildman–Crippen LogP) is 3.55. The van der Waals surface area contributed by atoms with Crippen LogP contribution in [0.15, 0.2) is 41.0 Å². The van der Waals surface area contributed by atoms with Crippen molar-refractivity contribution in [3.8, 4) is 5.75 Å². The van der Waals surface area contributed by atoms with E-state index < -0.39 is 66.5 Å². The molecule has 1 aromatic carbocycles. The molecule has 0 radical (unpaired) electrons. The molecule has 1 saturated heterocycles. The van der Waals surface area contributed by atoms with Crippen LogP contribution in [0.25, 0.3) is 0 Å². The first kappa shape index (κ1) is 30.7. The van der Waals surface area contributed by atoms with E-state index in [-0.39, 0.29) is 23.4 Å². The number of ether oxygens (including phenoxy) is 4. The number of nitrogens with zero attached hydrogens (tertiary/aromatic N) is 1. The Balaban J connectivity index is 1.84. The number of halogens is 1. The number of rotatable bonds is 7. The van der Waals surface area contributed by atoms with Gasteiger partial charge in [0.15, 0.2) is 23.6 Å². The van der Waals surface area contributed by atoms with Gasteiger partial charge in [0, 0.05) is 10.7 Å². The third-order valence-electron chi connectivity index (χ3n) is 6.21. The van der Waals surface area contributed by atoms with Crippen LogP contribution < -0.4 is 10.1 Å². The molecule has 40 heavy (non-hydrogen) atoms. The van der Waals surface area contributed by atoms with Gasteiger partial charge in [0.2, 0.25) is 0 Å². The highest BCUT2D eigenvalue weighted by Crippen LogP contribution is 2.26. The molecule has 0 saturated carbocycles. The van der Waals surface area contributed by atoms with Crippen LogP contribution in [0.5, 0.6) is 5.75 Å². The standard InChI is InChI=1S/C28H31BrN2O9/c1-6-17-23(40-25(33)14(2)3)16(5)38-28(36)20(13-37-26(17)34)31-24(32)21-22(15(4)11-12-30-21)39-27(35)18-9-7-8-10-19(18)29/h7-12,14,16-17,20,23H,6,13H2,1-5H3,(H,31,32)/t16-,17+,20-,23-/m0/s1. The van der Waals surface area contributed by atoms with Crippen molar-refractivity contribution in [2.24, 2.45) is 11.8 Å². The lowest BCUT2D eigenvalue weighted by atomic mass is 9.95. The van der Waals surface area contributed by atoms with Crippen molar-refractivity contribution in [2.75, 3.05) is 6.61 Å². The lowest BCUT2D eigenvalue weighted by molar-refractivity contribution is -0.176. The highest BCUT2D eigenvalue weighted by molar-refractivity contribution is 9.10. The van der Waals surface area contributed by atoms with Gasteiger partial charge in [-0.15, -0.1) is 0 Å². The summed E-state index contributed by atoms with van der Waals surface area (Å²) in [4.78, 5) is 68.4. The highest BCUT2D eigenvalue weighted by atomic mass is 79.9.